The van der Waals surface area contributed by atoms with Gasteiger partial charge in [-0.05, 0) is 36.6 Å². The number of nitrogens with zero attached hydrogens (tertiary/aromatic N) is 1. The number of nitrogens with one attached hydrogen (secondary N) is 1. The molecule has 28 heavy (non-hydrogen) atoms. The van der Waals surface area contributed by atoms with Crippen molar-refractivity contribution in [3.8, 4) is 5.75 Å². The number of carbonyl (C=O) groups excluding carboxylic acids is 1. The number of alkyl halides is 3. The lowest BCUT2D eigenvalue weighted by molar-refractivity contribution is -0.191. The maximum absolute atomic E-state index is 13.4. The second kappa shape index (κ2) is 6.89. The van der Waals surface area contributed by atoms with Crippen molar-refractivity contribution in [2.75, 3.05) is 6.61 Å². The second-order valence-electron chi connectivity index (χ2n) is 6.96. The van der Waals surface area contributed by atoms with E-state index in [1.807, 2.05) is 12.1 Å². The number of aromatic nitrogens is 1. The van der Waals surface area contributed by atoms with Crippen LogP contribution < -0.4 is 4.74 Å². The molecular weight excluding hydrogens is 369 g/mol. The zero-order valence-electron chi connectivity index (χ0n) is 15.2. The molecule has 0 unspecified atom stereocenters. The van der Waals surface area contributed by atoms with Crippen molar-refractivity contribution < 1.29 is 22.7 Å². The van der Waals surface area contributed by atoms with Gasteiger partial charge in [-0.25, -0.2) is 0 Å². The summed E-state index contributed by atoms with van der Waals surface area (Å²) in [4.78, 5) is 16.4. The van der Waals surface area contributed by atoms with E-state index in [1.165, 1.54) is 0 Å². The Balaban J connectivity index is 1.74. The number of hydrogen-bond acceptors (Lipinski definition) is 2. The van der Waals surface area contributed by atoms with Crippen LogP contribution in [0, 0.1) is 0 Å². The van der Waals surface area contributed by atoms with Crippen molar-refractivity contribution in [3.63, 3.8) is 0 Å². The number of ether oxygens (including phenoxy) is 1. The average molecular weight is 388 g/mol. The Morgan fingerprint density at radius 1 is 1.18 bits per heavy atom. The van der Waals surface area contributed by atoms with Gasteiger partial charge < -0.3 is 14.6 Å². The van der Waals surface area contributed by atoms with E-state index < -0.39 is 24.2 Å². The molecule has 0 radical (unpaired) electrons. The SMILES string of the molecule is C[C@@H](c1ccccc1)N(C(=O)C(F)(F)F)[C@@H]1COc2cccc3[nH]cc(c23)C1. The van der Waals surface area contributed by atoms with Crippen LogP contribution in [-0.2, 0) is 11.2 Å². The maximum Gasteiger partial charge on any atom is 0.471 e. The predicted molar refractivity (Wildman–Crippen MR) is 99.0 cm³/mol. The number of rotatable bonds is 3. The van der Waals surface area contributed by atoms with Gasteiger partial charge in [0.25, 0.3) is 0 Å². The highest BCUT2D eigenvalue weighted by atomic mass is 19.4. The van der Waals surface area contributed by atoms with Crippen molar-refractivity contribution in [1.29, 1.82) is 0 Å². The Morgan fingerprint density at radius 2 is 1.93 bits per heavy atom. The molecule has 1 aliphatic rings. The van der Waals surface area contributed by atoms with Crippen LogP contribution in [0.1, 0.15) is 24.1 Å². The van der Waals surface area contributed by atoms with Crippen LogP contribution in [-0.4, -0.2) is 34.6 Å². The summed E-state index contributed by atoms with van der Waals surface area (Å²) in [5.41, 5.74) is 2.34. The zero-order chi connectivity index (χ0) is 19.9. The lowest BCUT2D eigenvalue weighted by Gasteiger charge is -2.36. The van der Waals surface area contributed by atoms with E-state index in [4.69, 9.17) is 4.74 Å². The van der Waals surface area contributed by atoms with Crippen molar-refractivity contribution in [2.45, 2.75) is 31.6 Å². The minimum atomic E-state index is -4.96. The van der Waals surface area contributed by atoms with Crippen molar-refractivity contribution in [2.24, 2.45) is 0 Å². The van der Waals surface area contributed by atoms with E-state index in [2.05, 4.69) is 4.98 Å². The largest absolute Gasteiger partial charge is 0.491 e. The van der Waals surface area contributed by atoms with Gasteiger partial charge in [0, 0.05) is 17.1 Å². The Morgan fingerprint density at radius 3 is 2.64 bits per heavy atom. The molecule has 0 fully saturated rings. The molecular formula is C21H19F3N2O2. The average Bonchev–Trinajstić information content (AvgIpc) is 2.99. The number of hydrogen-bond donors (Lipinski definition) is 1. The van der Waals surface area contributed by atoms with E-state index in [-0.39, 0.29) is 13.0 Å². The third kappa shape index (κ3) is 3.21. The first-order valence-corrected chi connectivity index (χ1v) is 9.02. The number of amides is 1. The van der Waals surface area contributed by atoms with Gasteiger partial charge in [0.05, 0.1) is 12.1 Å². The third-order valence-electron chi connectivity index (χ3n) is 5.21. The smallest absolute Gasteiger partial charge is 0.471 e. The summed E-state index contributed by atoms with van der Waals surface area (Å²) in [5, 5.41) is 0.858. The molecule has 3 aromatic rings. The van der Waals surface area contributed by atoms with Gasteiger partial charge in [0.2, 0.25) is 0 Å². The van der Waals surface area contributed by atoms with Crippen LogP contribution >= 0.6 is 0 Å². The van der Waals surface area contributed by atoms with E-state index in [0.717, 1.165) is 21.4 Å². The summed E-state index contributed by atoms with van der Waals surface area (Å²) in [6.07, 6.45) is -2.91. The second-order valence-corrected chi connectivity index (χ2v) is 6.96. The standard InChI is InChI=1S/C21H19F3N2O2/c1-13(14-6-3-2-4-7-14)26(20(27)21(22,23)24)16-10-15-11-25-17-8-5-9-18(19(15)17)28-12-16/h2-9,11,13,16,25H,10,12H2,1H3/t13-,16-/m0/s1. The predicted octanol–water partition coefficient (Wildman–Crippen LogP) is 4.62. The van der Waals surface area contributed by atoms with Crippen LogP contribution in [0.4, 0.5) is 13.2 Å². The van der Waals surface area contributed by atoms with Crippen LogP contribution in [0.25, 0.3) is 10.9 Å². The molecule has 2 atom stereocenters. The van der Waals surface area contributed by atoms with Gasteiger partial charge in [0.1, 0.15) is 12.4 Å². The summed E-state index contributed by atoms with van der Waals surface area (Å²) >= 11 is 0. The number of halogens is 3. The number of H-pyrrole nitrogens is 1. The minimum Gasteiger partial charge on any atom is -0.491 e. The number of benzene rings is 2. The van der Waals surface area contributed by atoms with E-state index in [1.54, 1.807) is 49.5 Å². The number of aromatic amines is 1. The van der Waals surface area contributed by atoms with Gasteiger partial charge in [-0.1, -0.05) is 36.4 Å². The van der Waals surface area contributed by atoms with Crippen LogP contribution in [0.15, 0.2) is 54.7 Å². The molecule has 0 saturated heterocycles. The van der Waals surface area contributed by atoms with Crippen molar-refractivity contribution >= 4 is 16.8 Å². The molecule has 1 N–H and O–H groups in total. The van der Waals surface area contributed by atoms with E-state index in [0.29, 0.717) is 11.3 Å². The molecule has 1 aromatic heterocycles. The zero-order valence-corrected chi connectivity index (χ0v) is 15.2. The van der Waals surface area contributed by atoms with E-state index >= 15 is 0 Å². The highest BCUT2D eigenvalue weighted by Gasteiger charge is 2.47. The Labute approximate surface area is 159 Å². The molecule has 0 spiro atoms. The summed E-state index contributed by atoms with van der Waals surface area (Å²) < 4.78 is 46.1. The molecule has 2 aromatic carbocycles. The topological polar surface area (TPSA) is 45.3 Å². The summed E-state index contributed by atoms with van der Waals surface area (Å²) in [6.45, 7) is 1.61. The highest BCUT2D eigenvalue weighted by molar-refractivity contribution is 5.90. The number of carbonyl (C=O) groups is 1. The molecule has 4 nitrogen and oxygen atoms in total. The molecule has 146 valence electrons. The van der Waals surface area contributed by atoms with Crippen molar-refractivity contribution in [1.82, 2.24) is 9.88 Å². The monoisotopic (exact) mass is 388 g/mol. The fourth-order valence-electron chi connectivity index (χ4n) is 3.87. The molecule has 7 heteroatoms. The first-order chi connectivity index (χ1) is 13.4. The highest BCUT2D eigenvalue weighted by Crippen LogP contribution is 2.36. The molecule has 2 heterocycles. The van der Waals surface area contributed by atoms with Gasteiger partial charge >= 0.3 is 12.1 Å². The minimum absolute atomic E-state index is 0.00716. The summed E-state index contributed by atoms with van der Waals surface area (Å²) in [5.74, 6) is -1.24. The first kappa shape index (κ1) is 18.4. The van der Waals surface area contributed by atoms with Crippen LogP contribution in [0.5, 0.6) is 5.75 Å². The van der Waals surface area contributed by atoms with Gasteiger partial charge in [-0.2, -0.15) is 13.2 Å². The van der Waals surface area contributed by atoms with Gasteiger partial charge in [0.15, 0.2) is 0 Å². The van der Waals surface area contributed by atoms with Gasteiger partial charge in [-0.15, -0.1) is 0 Å². The fourth-order valence-corrected chi connectivity index (χ4v) is 3.87. The molecule has 0 saturated carbocycles. The molecule has 4 rings (SSSR count). The Kier molecular flexibility index (Phi) is 4.53. The van der Waals surface area contributed by atoms with E-state index in [9.17, 15) is 18.0 Å². The van der Waals surface area contributed by atoms with Crippen LogP contribution in [0.2, 0.25) is 0 Å². The molecule has 0 aliphatic carbocycles. The van der Waals surface area contributed by atoms with Gasteiger partial charge in [-0.3, -0.25) is 4.79 Å². The quantitative estimate of drug-likeness (QED) is 0.711. The lowest BCUT2D eigenvalue weighted by Crippen LogP contribution is -2.51. The summed E-state index contributed by atoms with van der Waals surface area (Å²) in [7, 11) is 0. The van der Waals surface area contributed by atoms with Crippen molar-refractivity contribution in [3.05, 3.63) is 65.9 Å². The van der Waals surface area contributed by atoms with Crippen LogP contribution in [0.3, 0.4) is 0 Å². The molecule has 1 amide bonds. The molecule has 1 aliphatic heterocycles. The third-order valence-corrected chi connectivity index (χ3v) is 5.21. The Bertz CT molecular complexity index is 998. The maximum atomic E-state index is 13.4. The summed E-state index contributed by atoms with van der Waals surface area (Å²) in [6, 6.07) is 12.7. The Hall–Kier alpha value is -2.96. The normalized spacial score (nSPS) is 17.6. The molecule has 0 bridgehead atoms. The fraction of sp³-hybridized carbons (Fsp3) is 0.286. The first-order valence-electron chi connectivity index (χ1n) is 9.02. The lowest BCUT2D eigenvalue weighted by atomic mass is 10.0.